The van der Waals surface area contributed by atoms with E-state index in [4.69, 9.17) is 16.1 Å². The number of hydrogen-bond acceptors (Lipinski definition) is 6. The van der Waals surface area contributed by atoms with Gasteiger partial charge >= 0.3 is 0 Å². The zero-order valence-corrected chi connectivity index (χ0v) is 17.7. The summed E-state index contributed by atoms with van der Waals surface area (Å²) in [6.07, 6.45) is 1.70. The highest BCUT2D eigenvalue weighted by molar-refractivity contribution is 5.77. The van der Waals surface area contributed by atoms with Crippen molar-refractivity contribution in [1.29, 1.82) is 0 Å². The molecule has 0 aliphatic heterocycles. The van der Waals surface area contributed by atoms with Gasteiger partial charge in [-0.3, -0.25) is 0 Å². The lowest BCUT2D eigenvalue weighted by atomic mass is 10.0. The van der Waals surface area contributed by atoms with Gasteiger partial charge < -0.3 is 20.2 Å². The van der Waals surface area contributed by atoms with Gasteiger partial charge in [-0.1, -0.05) is 29.4 Å². The van der Waals surface area contributed by atoms with Crippen LogP contribution in [0.3, 0.4) is 0 Å². The standard InChI is InChI=1S/C23H29N5O/c1-6-28(20-11-9-18(10-12-20)21(24)14-27(5)25)22-13-19(8-7-15(22)2)23-16(3)26-29-17(23)4/h7-14H,6,24-25H2,1-5H3/b21-14-. The van der Waals surface area contributed by atoms with Crippen LogP contribution in [0.2, 0.25) is 0 Å². The van der Waals surface area contributed by atoms with Gasteiger partial charge in [0.25, 0.3) is 0 Å². The molecule has 0 fully saturated rings. The fraction of sp³-hybridized carbons (Fsp3) is 0.261. The van der Waals surface area contributed by atoms with Gasteiger partial charge in [0.1, 0.15) is 5.76 Å². The Morgan fingerprint density at radius 1 is 1.10 bits per heavy atom. The lowest BCUT2D eigenvalue weighted by molar-refractivity contribution is 0.393. The molecule has 2 aromatic carbocycles. The molecule has 0 aliphatic rings. The fourth-order valence-corrected chi connectivity index (χ4v) is 3.57. The van der Waals surface area contributed by atoms with E-state index in [9.17, 15) is 0 Å². The molecule has 3 rings (SSSR count). The van der Waals surface area contributed by atoms with E-state index in [1.54, 1.807) is 13.2 Å². The predicted molar refractivity (Wildman–Crippen MR) is 119 cm³/mol. The number of nitrogens with zero attached hydrogens (tertiary/aromatic N) is 3. The Morgan fingerprint density at radius 2 is 1.79 bits per heavy atom. The maximum atomic E-state index is 6.10. The van der Waals surface area contributed by atoms with Crippen LogP contribution in [0, 0.1) is 20.8 Å². The Bertz CT molecular complexity index is 999. The van der Waals surface area contributed by atoms with Crippen molar-refractivity contribution in [2.24, 2.45) is 11.6 Å². The van der Waals surface area contributed by atoms with E-state index >= 15 is 0 Å². The normalized spacial score (nSPS) is 11.6. The molecule has 1 heterocycles. The zero-order valence-electron chi connectivity index (χ0n) is 17.7. The topological polar surface area (TPSA) is 84.5 Å². The summed E-state index contributed by atoms with van der Waals surface area (Å²) in [7, 11) is 1.74. The first-order chi connectivity index (χ1) is 13.8. The van der Waals surface area contributed by atoms with Gasteiger partial charge in [-0.2, -0.15) is 0 Å². The first kappa shape index (κ1) is 20.5. The summed E-state index contributed by atoms with van der Waals surface area (Å²) in [5, 5.41) is 5.55. The molecule has 6 nitrogen and oxygen atoms in total. The lowest BCUT2D eigenvalue weighted by Crippen LogP contribution is -2.20. The molecular formula is C23H29N5O. The number of aromatic nitrogens is 1. The average Bonchev–Trinajstić information content (AvgIpc) is 3.02. The van der Waals surface area contributed by atoms with Crippen LogP contribution in [0.1, 0.15) is 29.5 Å². The second-order valence-corrected chi connectivity index (χ2v) is 7.24. The Kier molecular flexibility index (Phi) is 5.94. The number of aryl methyl sites for hydroxylation is 3. The average molecular weight is 392 g/mol. The summed E-state index contributed by atoms with van der Waals surface area (Å²) in [6, 6.07) is 14.7. The van der Waals surface area contributed by atoms with Crippen molar-refractivity contribution in [3.63, 3.8) is 0 Å². The van der Waals surface area contributed by atoms with E-state index in [-0.39, 0.29) is 0 Å². The molecule has 0 radical (unpaired) electrons. The minimum atomic E-state index is 0.626. The number of anilines is 2. The van der Waals surface area contributed by atoms with E-state index in [0.717, 1.165) is 46.1 Å². The van der Waals surface area contributed by atoms with Gasteiger partial charge in [-0.15, -0.1) is 0 Å². The molecule has 3 aromatic rings. The number of nitrogens with two attached hydrogens (primary N) is 2. The van der Waals surface area contributed by atoms with Crippen molar-refractivity contribution in [2.45, 2.75) is 27.7 Å². The van der Waals surface area contributed by atoms with Crippen LogP contribution in [-0.4, -0.2) is 23.8 Å². The highest BCUT2D eigenvalue weighted by atomic mass is 16.5. The third-order valence-electron chi connectivity index (χ3n) is 4.99. The number of hydrazine groups is 1. The lowest BCUT2D eigenvalue weighted by Gasteiger charge is -2.26. The number of benzene rings is 2. The summed E-state index contributed by atoms with van der Waals surface area (Å²) < 4.78 is 5.36. The Balaban J connectivity index is 1.99. The second-order valence-electron chi connectivity index (χ2n) is 7.24. The molecule has 0 aliphatic carbocycles. The highest BCUT2D eigenvalue weighted by Gasteiger charge is 2.16. The smallest absolute Gasteiger partial charge is 0.141 e. The molecule has 0 spiro atoms. The minimum Gasteiger partial charge on any atom is -0.397 e. The van der Waals surface area contributed by atoms with Gasteiger partial charge in [0.2, 0.25) is 0 Å². The van der Waals surface area contributed by atoms with E-state index in [1.807, 2.05) is 26.0 Å². The summed E-state index contributed by atoms with van der Waals surface area (Å²) in [4.78, 5) is 2.29. The SMILES string of the molecule is CCN(c1ccc(/C(N)=C/N(C)N)cc1)c1cc(-c2c(C)noc2C)ccc1C. The fourth-order valence-electron chi connectivity index (χ4n) is 3.57. The molecule has 29 heavy (non-hydrogen) atoms. The second kappa shape index (κ2) is 8.41. The third kappa shape index (κ3) is 4.27. The van der Waals surface area contributed by atoms with Crippen LogP contribution < -0.4 is 16.5 Å². The van der Waals surface area contributed by atoms with Crippen molar-refractivity contribution in [3.05, 3.63) is 71.2 Å². The van der Waals surface area contributed by atoms with Crippen LogP contribution in [0.5, 0.6) is 0 Å². The molecule has 0 saturated carbocycles. The van der Waals surface area contributed by atoms with E-state index < -0.39 is 0 Å². The van der Waals surface area contributed by atoms with Crippen LogP contribution >= 0.6 is 0 Å². The minimum absolute atomic E-state index is 0.626. The van der Waals surface area contributed by atoms with Crippen molar-refractivity contribution in [1.82, 2.24) is 10.2 Å². The molecule has 1 aromatic heterocycles. The van der Waals surface area contributed by atoms with Crippen LogP contribution in [0.4, 0.5) is 11.4 Å². The maximum Gasteiger partial charge on any atom is 0.141 e. The quantitative estimate of drug-likeness (QED) is 0.476. The summed E-state index contributed by atoms with van der Waals surface area (Å²) in [5.41, 5.74) is 14.2. The molecule has 0 saturated heterocycles. The van der Waals surface area contributed by atoms with Gasteiger partial charge in [-0.05, 0) is 62.6 Å². The first-order valence-corrected chi connectivity index (χ1v) is 9.68. The van der Waals surface area contributed by atoms with Crippen molar-refractivity contribution in [3.8, 4) is 11.1 Å². The van der Waals surface area contributed by atoms with Gasteiger partial charge in [0.15, 0.2) is 0 Å². The van der Waals surface area contributed by atoms with Gasteiger partial charge in [-0.25, -0.2) is 5.84 Å². The Morgan fingerprint density at radius 3 is 2.34 bits per heavy atom. The van der Waals surface area contributed by atoms with Crippen molar-refractivity contribution >= 4 is 17.1 Å². The Labute approximate surface area is 172 Å². The first-order valence-electron chi connectivity index (χ1n) is 9.68. The molecule has 0 unspecified atom stereocenters. The summed E-state index contributed by atoms with van der Waals surface area (Å²) in [5.74, 6) is 6.49. The molecular weight excluding hydrogens is 362 g/mol. The van der Waals surface area contributed by atoms with Crippen LogP contribution in [-0.2, 0) is 0 Å². The van der Waals surface area contributed by atoms with Crippen LogP contribution in [0.25, 0.3) is 16.8 Å². The number of rotatable bonds is 6. The van der Waals surface area contributed by atoms with E-state index in [2.05, 4.69) is 54.2 Å². The molecule has 0 amide bonds. The summed E-state index contributed by atoms with van der Waals surface area (Å²) in [6.45, 7) is 9.03. The molecule has 0 bridgehead atoms. The van der Waals surface area contributed by atoms with Crippen LogP contribution in [0.15, 0.2) is 53.2 Å². The monoisotopic (exact) mass is 391 g/mol. The maximum absolute atomic E-state index is 6.10. The third-order valence-corrected chi connectivity index (χ3v) is 4.99. The van der Waals surface area contributed by atoms with E-state index in [0.29, 0.717) is 5.70 Å². The van der Waals surface area contributed by atoms with Crippen molar-refractivity contribution < 1.29 is 4.52 Å². The van der Waals surface area contributed by atoms with Gasteiger partial charge in [0, 0.05) is 36.7 Å². The summed E-state index contributed by atoms with van der Waals surface area (Å²) >= 11 is 0. The molecule has 0 atom stereocenters. The predicted octanol–water partition coefficient (Wildman–Crippen LogP) is 4.49. The molecule has 152 valence electrons. The number of hydrogen-bond donors (Lipinski definition) is 2. The van der Waals surface area contributed by atoms with Gasteiger partial charge in [0.05, 0.1) is 11.4 Å². The largest absolute Gasteiger partial charge is 0.397 e. The zero-order chi connectivity index (χ0) is 21.1. The van der Waals surface area contributed by atoms with Crippen molar-refractivity contribution in [2.75, 3.05) is 18.5 Å². The molecule has 6 heteroatoms. The molecule has 4 N–H and O–H groups in total. The van der Waals surface area contributed by atoms with E-state index in [1.165, 1.54) is 10.6 Å². The Hall–Kier alpha value is -3.25. The highest BCUT2D eigenvalue weighted by Crippen LogP contribution is 2.35.